The molecule has 1 aliphatic rings. The van der Waals surface area contributed by atoms with Crippen molar-refractivity contribution < 1.29 is 4.79 Å². The van der Waals surface area contributed by atoms with E-state index in [0.717, 1.165) is 26.2 Å². The van der Waals surface area contributed by atoms with Crippen LogP contribution in [0.5, 0.6) is 0 Å². The summed E-state index contributed by atoms with van der Waals surface area (Å²) >= 11 is 0. The molecule has 1 aliphatic heterocycles. The van der Waals surface area contributed by atoms with Crippen LogP contribution in [0.2, 0.25) is 0 Å². The summed E-state index contributed by atoms with van der Waals surface area (Å²) in [5, 5.41) is 0. The predicted molar refractivity (Wildman–Crippen MR) is 82.5 cm³/mol. The maximum Gasteiger partial charge on any atom is 0.222 e. The summed E-state index contributed by atoms with van der Waals surface area (Å²) in [7, 11) is 0. The van der Waals surface area contributed by atoms with Crippen molar-refractivity contribution in [3.05, 3.63) is 35.9 Å². The number of piperazine rings is 1. The van der Waals surface area contributed by atoms with Gasteiger partial charge in [0.05, 0.1) is 0 Å². The largest absolute Gasteiger partial charge is 0.340 e. The van der Waals surface area contributed by atoms with Crippen LogP contribution in [0.4, 0.5) is 0 Å². The van der Waals surface area contributed by atoms with Crippen molar-refractivity contribution in [1.29, 1.82) is 0 Å². The van der Waals surface area contributed by atoms with Crippen LogP contribution in [0.3, 0.4) is 0 Å². The average Bonchev–Trinajstić information content (AvgIpc) is 2.47. The van der Waals surface area contributed by atoms with Gasteiger partial charge in [0.25, 0.3) is 0 Å². The lowest BCUT2D eigenvalue weighted by atomic mass is 10.1. The second kappa shape index (κ2) is 6.89. The number of nitrogens with zero attached hydrogens (tertiary/aromatic N) is 2. The molecule has 3 nitrogen and oxygen atoms in total. The van der Waals surface area contributed by atoms with E-state index in [1.807, 2.05) is 4.90 Å². The van der Waals surface area contributed by atoms with E-state index in [4.69, 9.17) is 0 Å². The molecular formula is C17H26N2O. The van der Waals surface area contributed by atoms with Crippen LogP contribution in [-0.2, 0) is 4.79 Å². The molecule has 0 spiro atoms. The summed E-state index contributed by atoms with van der Waals surface area (Å²) in [4.78, 5) is 16.6. The molecule has 0 saturated carbocycles. The minimum Gasteiger partial charge on any atom is -0.340 e. The van der Waals surface area contributed by atoms with E-state index in [1.165, 1.54) is 5.56 Å². The molecule has 1 fully saturated rings. The molecule has 1 atom stereocenters. The van der Waals surface area contributed by atoms with Gasteiger partial charge in [-0.15, -0.1) is 0 Å². The third-order valence-corrected chi connectivity index (χ3v) is 4.08. The number of hydrogen-bond donors (Lipinski definition) is 0. The van der Waals surface area contributed by atoms with E-state index in [-0.39, 0.29) is 0 Å². The molecule has 1 heterocycles. The standard InChI is InChI=1S/C17H26N2O/c1-14(2)13-17(20)19-11-9-18(10-12-19)15(3)16-7-5-4-6-8-16/h4-8,14-15H,9-13H2,1-3H3. The number of carbonyl (C=O) groups is 1. The molecular weight excluding hydrogens is 248 g/mol. The van der Waals surface area contributed by atoms with Crippen LogP contribution in [-0.4, -0.2) is 41.9 Å². The van der Waals surface area contributed by atoms with Crippen LogP contribution >= 0.6 is 0 Å². The van der Waals surface area contributed by atoms with E-state index < -0.39 is 0 Å². The van der Waals surface area contributed by atoms with Gasteiger partial charge in [-0.25, -0.2) is 0 Å². The quantitative estimate of drug-likeness (QED) is 0.843. The Hall–Kier alpha value is -1.35. The fourth-order valence-electron chi connectivity index (χ4n) is 2.78. The Morgan fingerprint density at radius 3 is 2.20 bits per heavy atom. The molecule has 2 rings (SSSR count). The first-order chi connectivity index (χ1) is 9.58. The Morgan fingerprint density at radius 1 is 1.05 bits per heavy atom. The van der Waals surface area contributed by atoms with Crippen molar-refractivity contribution in [2.75, 3.05) is 26.2 Å². The maximum absolute atomic E-state index is 12.1. The van der Waals surface area contributed by atoms with Gasteiger partial charge >= 0.3 is 0 Å². The summed E-state index contributed by atoms with van der Waals surface area (Å²) in [5.41, 5.74) is 1.36. The van der Waals surface area contributed by atoms with Gasteiger partial charge in [0.15, 0.2) is 0 Å². The molecule has 110 valence electrons. The topological polar surface area (TPSA) is 23.6 Å². The summed E-state index contributed by atoms with van der Waals surface area (Å²) in [5.74, 6) is 0.760. The van der Waals surface area contributed by atoms with Gasteiger partial charge in [0.1, 0.15) is 0 Å². The highest BCUT2D eigenvalue weighted by Crippen LogP contribution is 2.21. The third kappa shape index (κ3) is 3.83. The van der Waals surface area contributed by atoms with Gasteiger partial charge in [-0.2, -0.15) is 0 Å². The molecule has 0 radical (unpaired) electrons. The zero-order chi connectivity index (χ0) is 14.5. The van der Waals surface area contributed by atoms with Crippen molar-refractivity contribution >= 4 is 5.91 Å². The van der Waals surface area contributed by atoms with Crippen LogP contribution in [0.15, 0.2) is 30.3 Å². The van der Waals surface area contributed by atoms with Gasteiger partial charge in [0, 0.05) is 38.6 Å². The van der Waals surface area contributed by atoms with E-state index in [1.54, 1.807) is 0 Å². The molecule has 0 aromatic heterocycles. The fraction of sp³-hybridized carbons (Fsp3) is 0.588. The highest BCUT2D eigenvalue weighted by molar-refractivity contribution is 5.76. The van der Waals surface area contributed by atoms with Gasteiger partial charge < -0.3 is 4.90 Å². The Kier molecular flexibility index (Phi) is 5.18. The highest BCUT2D eigenvalue weighted by atomic mass is 16.2. The van der Waals surface area contributed by atoms with E-state index in [2.05, 4.69) is 56.0 Å². The molecule has 0 bridgehead atoms. The average molecular weight is 274 g/mol. The second-order valence-corrected chi connectivity index (χ2v) is 6.10. The summed E-state index contributed by atoms with van der Waals surface area (Å²) in [6.07, 6.45) is 0.675. The first-order valence-corrected chi connectivity index (χ1v) is 7.64. The summed E-state index contributed by atoms with van der Waals surface area (Å²) in [6, 6.07) is 11.0. The number of amides is 1. The van der Waals surface area contributed by atoms with Gasteiger partial charge in [0.2, 0.25) is 5.91 Å². The van der Waals surface area contributed by atoms with Gasteiger partial charge in [-0.05, 0) is 18.4 Å². The zero-order valence-electron chi connectivity index (χ0n) is 12.9. The van der Waals surface area contributed by atoms with Crippen LogP contribution in [0.1, 0.15) is 38.8 Å². The molecule has 1 saturated heterocycles. The normalized spacial score (nSPS) is 18.3. The maximum atomic E-state index is 12.1. The van der Waals surface area contributed by atoms with Gasteiger partial charge in [-0.3, -0.25) is 9.69 Å². The summed E-state index contributed by atoms with van der Waals surface area (Å²) < 4.78 is 0. The molecule has 0 N–H and O–H groups in total. The summed E-state index contributed by atoms with van der Waals surface area (Å²) in [6.45, 7) is 10.1. The van der Waals surface area contributed by atoms with Gasteiger partial charge in [-0.1, -0.05) is 44.2 Å². The number of rotatable bonds is 4. The van der Waals surface area contributed by atoms with Crippen LogP contribution < -0.4 is 0 Å². The van der Waals surface area contributed by atoms with E-state index >= 15 is 0 Å². The first-order valence-electron chi connectivity index (χ1n) is 7.64. The molecule has 1 unspecified atom stereocenters. The molecule has 1 amide bonds. The molecule has 0 aliphatic carbocycles. The predicted octanol–water partition coefficient (Wildman–Crippen LogP) is 2.94. The first kappa shape index (κ1) is 15.0. The van der Waals surface area contributed by atoms with E-state index in [9.17, 15) is 4.79 Å². The van der Waals surface area contributed by atoms with Crippen molar-refractivity contribution in [3.63, 3.8) is 0 Å². The van der Waals surface area contributed by atoms with Crippen molar-refractivity contribution in [2.24, 2.45) is 5.92 Å². The molecule has 1 aromatic carbocycles. The Morgan fingerprint density at radius 2 is 1.65 bits per heavy atom. The smallest absolute Gasteiger partial charge is 0.222 e. The SMILES string of the molecule is CC(C)CC(=O)N1CCN(C(C)c2ccccc2)CC1. The van der Waals surface area contributed by atoms with Crippen molar-refractivity contribution in [2.45, 2.75) is 33.2 Å². The Labute approximate surface area is 122 Å². The highest BCUT2D eigenvalue weighted by Gasteiger charge is 2.24. The van der Waals surface area contributed by atoms with Crippen LogP contribution in [0, 0.1) is 5.92 Å². The van der Waals surface area contributed by atoms with Crippen molar-refractivity contribution in [1.82, 2.24) is 9.80 Å². The Balaban J connectivity index is 1.87. The van der Waals surface area contributed by atoms with Crippen LogP contribution in [0.25, 0.3) is 0 Å². The number of benzene rings is 1. The number of carbonyl (C=O) groups excluding carboxylic acids is 1. The minimum absolute atomic E-state index is 0.312. The zero-order valence-corrected chi connectivity index (χ0v) is 12.9. The van der Waals surface area contributed by atoms with E-state index in [0.29, 0.717) is 24.3 Å². The number of hydrogen-bond acceptors (Lipinski definition) is 2. The second-order valence-electron chi connectivity index (χ2n) is 6.10. The third-order valence-electron chi connectivity index (χ3n) is 4.08. The molecule has 1 aromatic rings. The minimum atomic E-state index is 0.312. The molecule has 20 heavy (non-hydrogen) atoms. The lowest BCUT2D eigenvalue weighted by molar-refractivity contribution is -0.134. The lowest BCUT2D eigenvalue weighted by Gasteiger charge is -2.38. The lowest BCUT2D eigenvalue weighted by Crippen LogP contribution is -2.49. The fourth-order valence-corrected chi connectivity index (χ4v) is 2.78. The van der Waals surface area contributed by atoms with Crippen molar-refractivity contribution in [3.8, 4) is 0 Å². The molecule has 3 heteroatoms. The monoisotopic (exact) mass is 274 g/mol. The Bertz CT molecular complexity index is 422.